The third kappa shape index (κ3) is 9.70. The summed E-state index contributed by atoms with van der Waals surface area (Å²) in [7, 11) is -0.0833. The smallest absolute Gasteiger partial charge is 0.355 e. The monoisotopic (exact) mass is 173 g/mol. The first-order chi connectivity index (χ1) is 4.71. The van der Waals surface area contributed by atoms with Crippen LogP contribution >= 0.6 is 0 Å². The van der Waals surface area contributed by atoms with Gasteiger partial charge >= 0.3 is 19.9 Å². The molecule has 0 aromatic rings. The minimum Gasteiger partial charge on any atom is -0.355 e. The van der Waals surface area contributed by atoms with Crippen LogP contribution in [0.2, 0.25) is 0 Å². The van der Waals surface area contributed by atoms with Crippen molar-refractivity contribution < 1.29 is 26.9 Å². The highest BCUT2D eigenvalue weighted by Crippen LogP contribution is 2.16. The van der Waals surface area contributed by atoms with Crippen molar-refractivity contribution in [3.8, 4) is 0 Å². The Balaban J connectivity index is 3.44. The van der Waals surface area contributed by atoms with E-state index in [0.29, 0.717) is 13.8 Å². The molecule has 1 radical (unpaired) electrons. The van der Waals surface area contributed by atoms with Gasteiger partial charge in [0.05, 0.1) is 0 Å². The minimum absolute atomic E-state index is 0.0833. The van der Waals surface area contributed by atoms with Gasteiger partial charge in [-0.25, -0.2) is 0 Å². The fraction of sp³-hybridized carbons (Fsp3) is 1.00. The zero-order chi connectivity index (χ0) is 9.12. The molecule has 0 heterocycles. The first-order valence-electron chi connectivity index (χ1n) is 2.64. The van der Waals surface area contributed by atoms with E-state index in [1.807, 2.05) is 0 Å². The predicted octanol–water partition coefficient (Wildman–Crippen LogP) is 1.78. The minimum atomic E-state index is -3.49. The van der Waals surface area contributed by atoms with Crippen LogP contribution in [0.15, 0.2) is 0 Å². The second kappa shape index (κ2) is 3.40. The second-order valence-electron chi connectivity index (χ2n) is 1.95. The van der Waals surface area contributed by atoms with Gasteiger partial charge in [-0.05, 0) is 0 Å². The summed E-state index contributed by atoms with van der Waals surface area (Å²) in [6.07, 6.45) is -6.99. The molecule has 2 nitrogen and oxygen atoms in total. The standard InChI is InChI=1S/C4H6BF4O2/c1-3(6,7)10-5-11-4(2,8)9/h1-2H3. The van der Waals surface area contributed by atoms with Crippen molar-refractivity contribution in [3.63, 3.8) is 0 Å². The molecule has 0 amide bonds. The molecule has 0 saturated heterocycles. The predicted molar refractivity (Wildman–Crippen MR) is 29.2 cm³/mol. The molecule has 0 N–H and O–H groups in total. The van der Waals surface area contributed by atoms with E-state index in [2.05, 4.69) is 9.31 Å². The first-order valence-corrected chi connectivity index (χ1v) is 2.64. The SMILES string of the molecule is CC(F)(F)O[B]OC(C)(F)F. The summed E-state index contributed by atoms with van der Waals surface area (Å²) in [5, 5.41) is 0. The molecule has 0 bridgehead atoms. The fourth-order valence-electron chi connectivity index (χ4n) is 0.193. The molecule has 0 rings (SSSR count). The van der Waals surface area contributed by atoms with Crippen molar-refractivity contribution in [1.82, 2.24) is 0 Å². The van der Waals surface area contributed by atoms with E-state index >= 15 is 0 Å². The number of rotatable bonds is 4. The average Bonchev–Trinajstić information content (AvgIpc) is 1.55. The molecule has 11 heavy (non-hydrogen) atoms. The Morgan fingerprint density at radius 3 is 1.36 bits per heavy atom. The topological polar surface area (TPSA) is 18.5 Å². The molecule has 7 heteroatoms. The van der Waals surface area contributed by atoms with Crippen LogP contribution in [-0.2, 0) is 9.31 Å². The van der Waals surface area contributed by atoms with Gasteiger partial charge in [-0.2, -0.15) is 17.6 Å². The van der Waals surface area contributed by atoms with Gasteiger partial charge in [-0.15, -0.1) is 0 Å². The first kappa shape index (κ1) is 10.7. The van der Waals surface area contributed by atoms with Crippen LogP contribution in [0.1, 0.15) is 13.8 Å². The van der Waals surface area contributed by atoms with Crippen LogP contribution in [0.4, 0.5) is 17.6 Å². The molecule has 65 valence electrons. The van der Waals surface area contributed by atoms with Crippen molar-refractivity contribution in [2.75, 3.05) is 0 Å². The summed E-state index contributed by atoms with van der Waals surface area (Å²) >= 11 is 0. The average molecular weight is 173 g/mol. The second-order valence-corrected chi connectivity index (χ2v) is 1.95. The lowest BCUT2D eigenvalue weighted by molar-refractivity contribution is -0.204. The maximum Gasteiger partial charge on any atom is 0.496 e. The van der Waals surface area contributed by atoms with Gasteiger partial charge in [0.2, 0.25) is 0 Å². The molecule has 0 unspecified atom stereocenters. The van der Waals surface area contributed by atoms with Crippen molar-refractivity contribution in [1.29, 1.82) is 0 Å². The Morgan fingerprint density at radius 1 is 0.909 bits per heavy atom. The molecule has 0 aliphatic rings. The quantitative estimate of drug-likeness (QED) is 0.476. The highest BCUT2D eigenvalue weighted by molar-refractivity contribution is 6.18. The van der Waals surface area contributed by atoms with Crippen LogP contribution in [0.3, 0.4) is 0 Å². The summed E-state index contributed by atoms with van der Waals surface area (Å²) in [5.74, 6) is 0. The third-order valence-electron chi connectivity index (χ3n) is 0.510. The lowest BCUT2D eigenvalue weighted by Crippen LogP contribution is -2.26. The van der Waals surface area contributed by atoms with E-state index in [9.17, 15) is 17.6 Å². The fourth-order valence-corrected chi connectivity index (χ4v) is 0.193. The van der Waals surface area contributed by atoms with Gasteiger partial charge in [0.1, 0.15) is 0 Å². The molecule has 0 aliphatic heterocycles. The Hall–Kier alpha value is -0.295. The van der Waals surface area contributed by atoms with E-state index in [-0.39, 0.29) is 7.69 Å². The largest absolute Gasteiger partial charge is 0.496 e. The number of hydrogen-bond donors (Lipinski definition) is 0. The number of halogens is 4. The van der Waals surface area contributed by atoms with Gasteiger partial charge < -0.3 is 9.31 Å². The lowest BCUT2D eigenvalue weighted by Gasteiger charge is -2.13. The van der Waals surface area contributed by atoms with Crippen molar-refractivity contribution in [2.24, 2.45) is 0 Å². The Bertz CT molecular complexity index is 104. The normalized spacial score (nSPS) is 13.3. The molecule has 0 aromatic carbocycles. The van der Waals surface area contributed by atoms with Gasteiger partial charge in [-0.1, -0.05) is 0 Å². The Morgan fingerprint density at radius 2 is 1.18 bits per heavy atom. The van der Waals surface area contributed by atoms with E-state index in [4.69, 9.17) is 0 Å². The van der Waals surface area contributed by atoms with Gasteiger partial charge in [0.15, 0.2) is 0 Å². The van der Waals surface area contributed by atoms with E-state index < -0.39 is 12.2 Å². The number of hydrogen-bond acceptors (Lipinski definition) is 2. The van der Waals surface area contributed by atoms with Crippen molar-refractivity contribution in [2.45, 2.75) is 26.1 Å². The highest BCUT2D eigenvalue weighted by Gasteiger charge is 2.28. The molecule has 0 aliphatic carbocycles. The van der Waals surface area contributed by atoms with Crippen LogP contribution < -0.4 is 0 Å². The Kier molecular flexibility index (Phi) is 3.31. The number of alkyl halides is 4. The van der Waals surface area contributed by atoms with E-state index in [1.54, 1.807) is 0 Å². The summed E-state index contributed by atoms with van der Waals surface area (Å²) in [6.45, 7) is 0.807. The van der Waals surface area contributed by atoms with Crippen LogP contribution in [0, 0.1) is 0 Å². The molecule has 0 spiro atoms. The molecule has 0 fully saturated rings. The summed E-state index contributed by atoms with van der Waals surface area (Å²) in [6, 6.07) is 0. The molecule has 0 saturated carbocycles. The summed E-state index contributed by atoms with van der Waals surface area (Å²) in [4.78, 5) is 0. The van der Waals surface area contributed by atoms with Crippen molar-refractivity contribution >= 4 is 7.69 Å². The van der Waals surface area contributed by atoms with Gasteiger partial charge in [0, 0.05) is 13.8 Å². The Labute approximate surface area is 61.8 Å². The van der Waals surface area contributed by atoms with E-state index in [0.717, 1.165) is 0 Å². The summed E-state index contributed by atoms with van der Waals surface area (Å²) in [5.41, 5.74) is 0. The molecular formula is C4H6BF4O2. The molecule has 0 atom stereocenters. The van der Waals surface area contributed by atoms with E-state index in [1.165, 1.54) is 0 Å². The molecular weight excluding hydrogens is 167 g/mol. The van der Waals surface area contributed by atoms with Crippen molar-refractivity contribution in [3.05, 3.63) is 0 Å². The maximum absolute atomic E-state index is 11.7. The lowest BCUT2D eigenvalue weighted by atomic mass is 10.4. The van der Waals surface area contributed by atoms with Gasteiger partial charge in [0.25, 0.3) is 0 Å². The van der Waals surface area contributed by atoms with Gasteiger partial charge in [-0.3, -0.25) is 0 Å². The highest BCUT2D eigenvalue weighted by atomic mass is 19.3. The maximum atomic E-state index is 11.7. The zero-order valence-corrected chi connectivity index (χ0v) is 5.91. The summed E-state index contributed by atoms with van der Waals surface area (Å²) < 4.78 is 53.8. The van der Waals surface area contributed by atoms with Crippen LogP contribution in [0.25, 0.3) is 0 Å². The zero-order valence-electron chi connectivity index (χ0n) is 5.91. The van der Waals surface area contributed by atoms with Crippen LogP contribution in [0.5, 0.6) is 0 Å². The molecule has 0 aromatic heterocycles. The third-order valence-corrected chi connectivity index (χ3v) is 0.510. The van der Waals surface area contributed by atoms with Crippen LogP contribution in [-0.4, -0.2) is 19.9 Å².